The van der Waals surface area contributed by atoms with Gasteiger partial charge in [-0.25, -0.2) is 4.39 Å². The molecule has 1 saturated heterocycles. The van der Waals surface area contributed by atoms with Crippen LogP contribution < -0.4 is 14.8 Å². The van der Waals surface area contributed by atoms with Crippen molar-refractivity contribution >= 4 is 18.3 Å². The maximum absolute atomic E-state index is 12.9. The van der Waals surface area contributed by atoms with Gasteiger partial charge >= 0.3 is 0 Å². The van der Waals surface area contributed by atoms with Gasteiger partial charge in [0, 0.05) is 31.6 Å². The molecule has 1 aliphatic heterocycles. The fourth-order valence-electron chi connectivity index (χ4n) is 3.31. The second-order valence-electron chi connectivity index (χ2n) is 6.45. The lowest BCUT2D eigenvalue weighted by atomic mass is 10.0. The first-order chi connectivity index (χ1) is 13.2. The smallest absolute Gasteiger partial charge is 0.223 e. The molecule has 1 unspecified atom stereocenters. The molecule has 3 rings (SSSR count). The third kappa shape index (κ3) is 5.59. The summed E-state index contributed by atoms with van der Waals surface area (Å²) in [6, 6.07) is 13.7. The number of benzene rings is 2. The van der Waals surface area contributed by atoms with Gasteiger partial charge in [0.1, 0.15) is 17.3 Å². The van der Waals surface area contributed by atoms with E-state index >= 15 is 0 Å². The second-order valence-corrected chi connectivity index (χ2v) is 6.45. The van der Waals surface area contributed by atoms with Crippen LogP contribution in [0.3, 0.4) is 0 Å². The predicted octanol–water partition coefficient (Wildman–Crippen LogP) is 3.59. The number of piperazine rings is 1. The number of nitrogens with zero attached hydrogens (tertiary/aromatic N) is 1. The van der Waals surface area contributed by atoms with Crippen LogP contribution in [0.4, 0.5) is 4.39 Å². The van der Waals surface area contributed by atoms with E-state index in [-0.39, 0.29) is 30.2 Å². The van der Waals surface area contributed by atoms with Crippen LogP contribution in [0.15, 0.2) is 48.5 Å². The predicted molar refractivity (Wildman–Crippen MR) is 109 cm³/mol. The van der Waals surface area contributed by atoms with Crippen molar-refractivity contribution < 1.29 is 18.7 Å². The lowest BCUT2D eigenvalue weighted by Gasteiger charge is -2.37. The molecule has 1 fully saturated rings. The fourth-order valence-corrected chi connectivity index (χ4v) is 3.31. The lowest BCUT2D eigenvalue weighted by Crippen LogP contribution is -2.48. The zero-order valence-corrected chi connectivity index (χ0v) is 16.7. The molecule has 0 bridgehead atoms. The summed E-state index contributed by atoms with van der Waals surface area (Å²) in [6.45, 7) is 2.57. The minimum Gasteiger partial charge on any atom is -0.496 e. The number of ether oxygens (including phenoxy) is 2. The zero-order chi connectivity index (χ0) is 19.1. The standard InChI is InChI=1S/C21H25FN2O3.ClH/c1-26-20-6-3-2-5-18(20)19-15-23-12-13-24(19)21(25)7-4-14-27-17-10-8-16(22)9-11-17;/h2-3,5-6,8-11,19,23H,4,7,12-15H2,1H3;1H. The number of carbonyl (C=O) groups excluding carboxylic acids is 1. The van der Waals surface area contributed by atoms with Crippen LogP contribution >= 0.6 is 12.4 Å². The summed E-state index contributed by atoms with van der Waals surface area (Å²) in [4.78, 5) is 14.7. The third-order valence-corrected chi connectivity index (χ3v) is 4.68. The second kappa shape index (κ2) is 10.9. The molecule has 28 heavy (non-hydrogen) atoms. The third-order valence-electron chi connectivity index (χ3n) is 4.68. The minimum atomic E-state index is -0.293. The van der Waals surface area contributed by atoms with E-state index in [0.717, 1.165) is 17.9 Å². The highest BCUT2D eigenvalue weighted by atomic mass is 35.5. The van der Waals surface area contributed by atoms with E-state index < -0.39 is 0 Å². The molecule has 152 valence electrons. The first-order valence-electron chi connectivity index (χ1n) is 9.20. The number of hydrogen-bond acceptors (Lipinski definition) is 4. The van der Waals surface area contributed by atoms with E-state index in [1.54, 1.807) is 19.2 Å². The van der Waals surface area contributed by atoms with E-state index in [1.807, 2.05) is 29.2 Å². The molecular weight excluding hydrogens is 383 g/mol. The van der Waals surface area contributed by atoms with E-state index in [2.05, 4.69) is 5.32 Å². The highest BCUT2D eigenvalue weighted by Crippen LogP contribution is 2.30. The number of nitrogens with one attached hydrogen (secondary N) is 1. The molecular formula is C21H26ClFN2O3. The van der Waals surface area contributed by atoms with E-state index in [1.165, 1.54) is 12.1 Å². The summed E-state index contributed by atoms with van der Waals surface area (Å²) < 4.78 is 23.9. The average Bonchev–Trinajstić information content (AvgIpc) is 2.72. The van der Waals surface area contributed by atoms with E-state index in [4.69, 9.17) is 9.47 Å². The summed E-state index contributed by atoms with van der Waals surface area (Å²) in [7, 11) is 1.65. The van der Waals surface area contributed by atoms with Gasteiger partial charge in [0.2, 0.25) is 5.91 Å². The molecule has 0 aromatic heterocycles. The molecule has 2 aromatic carbocycles. The molecule has 2 aromatic rings. The summed E-state index contributed by atoms with van der Waals surface area (Å²) in [6.07, 6.45) is 1.02. The molecule has 7 heteroatoms. The summed E-state index contributed by atoms with van der Waals surface area (Å²) in [5.74, 6) is 1.22. The Morgan fingerprint density at radius 2 is 1.96 bits per heavy atom. The van der Waals surface area contributed by atoms with Crippen LogP contribution in [0, 0.1) is 5.82 Å². The Morgan fingerprint density at radius 1 is 1.21 bits per heavy atom. The van der Waals surface area contributed by atoms with Gasteiger partial charge in [-0.3, -0.25) is 4.79 Å². The average molecular weight is 409 g/mol. The quantitative estimate of drug-likeness (QED) is 0.711. The normalized spacial score (nSPS) is 16.2. The van der Waals surface area contributed by atoms with Gasteiger partial charge in [0.25, 0.3) is 0 Å². The number of carbonyl (C=O) groups is 1. The molecule has 0 aliphatic carbocycles. The van der Waals surface area contributed by atoms with Crippen molar-refractivity contribution in [2.75, 3.05) is 33.4 Å². The summed E-state index contributed by atoms with van der Waals surface area (Å²) in [5.41, 5.74) is 1.02. The maximum Gasteiger partial charge on any atom is 0.223 e. The number of amides is 1. The van der Waals surface area contributed by atoms with Crippen molar-refractivity contribution in [1.82, 2.24) is 10.2 Å². The summed E-state index contributed by atoms with van der Waals surface area (Å²) >= 11 is 0. The van der Waals surface area contributed by atoms with Crippen LogP contribution in [0.5, 0.6) is 11.5 Å². The van der Waals surface area contributed by atoms with Gasteiger partial charge in [-0.15, -0.1) is 12.4 Å². The van der Waals surface area contributed by atoms with Gasteiger partial charge in [0.15, 0.2) is 0 Å². The molecule has 0 saturated carbocycles. The van der Waals surface area contributed by atoms with Gasteiger partial charge < -0.3 is 19.7 Å². The van der Waals surface area contributed by atoms with Crippen LogP contribution in [0.1, 0.15) is 24.4 Å². The highest BCUT2D eigenvalue weighted by molar-refractivity contribution is 5.85. The lowest BCUT2D eigenvalue weighted by molar-refractivity contribution is -0.134. The number of rotatable bonds is 7. The Bertz CT molecular complexity index is 758. The Balaban J connectivity index is 0.00000280. The molecule has 0 radical (unpaired) electrons. The van der Waals surface area contributed by atoms with Crippen molar-refractivity contribution in [3.8, 4) is 11.5 Å². The van der Waals surface area contributed by atoms with Crippen LogP contribution in [0.25, 0.3) is 0 Å². The van der Waals surface area contributed by atoms with Crippen molar-refractivity contribution in [2.24, 2.45) is 0 Å². The molecule has 5 nitrogen and oxygen atoms in total. The largest absolute Gasteiger partial charge is 0.496 e. The van der Waals surface area contributed by atoms with E-state index in [9.17, 15) is 9.18 Å². The molecule has 1 N–H and O–H groups in total. The Kier molecular flexibility index (Phi) is 8.54. The molecule has 1 heterocycles. The van der Waals surface area contributed by atoms with Crippen molar-refractivity contribution in [3.05, 3.63) is 59.9 Å². The van der Waals surface area contributed by atoms with Crippen molar-refractivity contribution in [3.63, 3.8) is 0 Å². The minimum absolute atomic E-state index is 0. The topological polar surface area (TPSA) is 50.8 Å². The SMILES string of the molecule is COc1ccccc1C1CNCCN1C(=O)CCCOc1ccc(F)cc1.Cl. The highest BCUT2D eigenvalue weighted by Gasteiger charge is 2.29. The van der Waals surface area contributed by atoms with Crippen LogP contribution in [-0.2, 0) is 4.79 Å². The fraction of sp³-hybridized carbons (Fsp3) is 0.381. The van der Waals surface area contributed by atoms with E-state index in [0.29, 0.717) is 38.3 Å². The Morgan fingerprint density at radius 3 is 2.71 bits per heavy atom. The number of hydrogen-bond donors (Lipinski definition) is 1. The van der Waals surface area contributed by atoms with Gasteiger partial charge in [0.05, 0.1) is 19.8 Å². The first-order valence-corrected chi connectivity index (χ1v) is 9.20. The van der Waals surface area contributed by atoms with Crippen molar-refractivity contribution in [2.45, 2.75) is 18.9 Å². The zero-order valence-electron chi connectivity index (χ0n) is 15.9. The van der Waals surface area contributed by atoms with Crippen molar-refractivity contribution in [1.29, 1.82) is 0 Å². The molecule has 1 aliphatic rings. The number of para-hydroxylation sites is 1. The molecule has 1 amide bonds. The summed E-state index contributed by atoms with van der Waals surface area (Å²) in [5, 5.41) is 3.36. The van der Waals surface area contributed by atoms with Gasteiger partial charge in [-0.1, -0.05) is 18.2 Å². The number of methoxy groups -OCH3 is 1. The first kappa shape index (κ1) is 22.0. The Labute approximate surface area is 171 Å². The van der Waals surface area contributed by atoms with Crippen LogP contribution in [-0.4, -0.2) is 44.2 Å². The van der Waals surface area contributed by atoms with Crippen LogP contribution in [0.2, 0.25) is 0 Å². The van der Waals surface area contributed by atoms with Gasteiger partial charge in [-0.05, 0) is 36.8 Å². The maximum atomic E-state index is 12.9. The monoisotopic (exact) mass is 408 g/mol. The molecule has 1 atom stereocenters. The molecule has 0 spiro atoms. The Hall–Kier alpha value is -2.31. The number of halogens is 2. The van der Waals surface area contributed by atoms with Gasteiger partial charge in [-0.2, -0.15) is 0 Å².